The molecule has 0 aliphatic heterocycles. The number of anilines is 1. The second-order valence-corrected chi connectivity index (χ2v) is 4.37. The van der Waals surface area contributed by atoms with Crippen LogP contribution in [0.2, 0.25) is 0 Å². The molecule has 1 aromatic carbocycles. The van der Waals surface area contributed by atoms with Crippen LogP contribution in [0.1, 0.15) is 20.3 Å². The third-order valence-electron chi connectivity index (χ3n) is 2.89. The first-order valence-electron chi connectivity index (χ1n) is 5.74. The van der Waals surface area contributed by atoms with E-state index in [2.05, 4.69) is 5.32 Å². The van der Waals surface area contributed by atoms with E-state index >= 15 is 0 Å². The lowest BCUT2D eigenvalue weighted by Gasteiger charge is -2.21. The van der Waals surface area contributed by atoms with Gasteiger partial charge in [0.15, 0.2) is 5.75 Å². The number of ether oxygens (including phenoxy) is 1. The lowest BCUT2D eigenvalue weighted by molar-refractivity contribution is -0.385. The van der Waals surface area contributed by atoms with Crippen molar-refractivity contribution in [3.05, 3.63) is 28.3 Å². The van der Waals surface area contributed by atoms with Gasteiger partial charge in [-0.2, -0.15) is 0 Å². The van der Waals surface area contributed by atoms with E-state index in [9.17, 15) is 14.9 Å². The van der Waals surface area contributed by atoms with E-state index in [4.69, 9.17) is 10.5 Å². The molecule has 19 heavy (non-hydrogen) atoms. The van der Waals surface area contributed by atoms with Gasteiger partial charge in [-0.25, -0.2) is 0 Å². The maximum absolute atomic E-state index is 11.9. The molecule has 0 aliphatic rings. The van der Waals surface area contributed by atoms with Crippen LogP contribution in [-0.4, -0.2) is 23.5 Å². The number of carbonyl (C=O) groups is 1. The third kappa shape index (κ3) is 3.41. The monoisotopic (exact) mass is 267 g/mol. The van der Waals surface area contributed by atoms with E-state index in [0.29, 0.717) is 12.1 Å². The molecule has 0 aliphatic carbocycles. The van der Waals surface area contributed by atoms with Crippen LogP contribution in [0.3, 0.4) is 0 Å². The summed E-state index contributed by atoms with van der Waals surface area (Å²) in [6.07, 6.45) is 0.455. The predicted molar refractivity (Wildman–Crippen MR) is 71.2 cm³/mol. The highest BCUT2D eigenvalue weighted by Crippen LogP contribution is 2.29. The van der Waals surface area contributed by atoms with Crippen LogP contribution in [0.5, 0.6) is 5.75 Å². The van der Waals surface area contributed by atoms with Crippen molar-refractivity contribution in [3.8, 4) is 5.75 Å². The number of amides is 1. The van der Waals surface area contributed by atoms with Gasteiger partial charge in [-0.15, -0.1) is 0 Å². The molecule has 0 bridgehead atoms. The number of hydrogen-bond donors (Lipinski definition) is 2. The maximum Gasteiger partial charge on any atom is 0.312 e. The highest BCUT2D eigenvalue weighted by Gasteiger charge is 2.26. The molecule has 1 amide bonds. The van der Waals surface area contributed by atoms with Gasteiger partial charge in [-0.3, -0.25) is 14.9 Å². The Morgan fingerprint density at radius 3 is 2.68 bits per heavy atom. The number of rotatable bonds is 5. The zero-order valence-corrected chi connectivity index (χ0v) is 11.1. The van der Waals surface area contributed by atoms with Gasteiger partial charge in [0.2, 0.25) is 5.91 Å². The highest BCUT2D eigenvalue weighted by molar-refractivity contribution is 5.97. The molecule has 0 spiro atoms. The minimum atomic E-state index is -1.02. The summed E-state index contributed by atoms with van der Waals surface area (Å²) in [4.78, 5) is 22.2. The zero-order valence-electron chi connectivity index (χ0n) is 11.1. The fourth-order valence-electron chi connectivity index (χ4n) is 1.34. The van der Waals surface area contributed by atoms with E-state index in [0.717, 1.165) is 0 Å². The molecule has 0 fully saturated rings. The van der Waals surface area contributed by atoms with E-state index in [-0.39, 0.29) is 11.4 Å². The smallest absolute Gasteiger partial charge is 0.312 e. The predicted octanol–water partition coefficient (Wildman–Crippen LogP) is 1.67. The third-order valence-corrected chi connectivity index (χ3v) is 2.89. The Morgan fingerprint density at radius 1 is 1.58 bits per heavy atom. The quantitative estimate of drug-likeness (QED) is 0.623. The number of benzene rings is 1. The largest absolute Gasteiger partial charge is 0.490 e. The first-order chi connectivity index (χ1) is 8.81. The summed E-state index contributed by atoms with van der Waals surface area (Å²) in [5.41, 5.74) is 4.87. The number of carbonyl (C=O) groups excluding carboxylic acids is 1. The summed E-state index contributed by atoms with van der Waals surface area (Å²) in [7, 11) is 1.34. The Kier molecular flexibility index (Phi) is 4.44. The average molecular weight is 267 g/mol. The molecule has 7 heteroatoms. The van der Waals surface area contributed by atoms with Crippen molar-refractivity contribution in [3.63, 3.8) is 0 Å². The number of methoxy groups -OCH3 is 1. The minimum absolute atomic E-state index is 0.133. The Morgan fingerprint density at radius 2 is 2.21 bits per heavy atom. The van der Waals surface area contributed by atoms with Crippen LogP contribution in [-0.2, 0) is 4.79 Å². The van der Waals surface area contributed by atoms with Crippen LogP contribution in [0.15, 0.2) is 18.2 Å². The van der Waals surface area contributed by atoms with Crippen LogP contribution in [0.4, 0.5) is 11.4 Å². The SMILES string of the molecule is CCC(C)(N)C(=O)Nc1ccc(OC)c([N+](=O)[O-])c1. The lowest BCUT2D eigenvalue weighted by Crippen LogP contribution is -2.47. The maximum atomic E-state index is 11.9. The Balaban J connectivity index is 3.01. The number of nitrogens with zero attached hydrogens (tertiary/aromatic N) is 1. The Labute approximate surface area is 110 Å². The molecule has 0 aromatic heterocycles. The molecule has 1 rings (SSSR count). The first kappa shape index (κ1) is 14.9. The summed E-state index contributed by atoms with van der Waals surface area (Å²) in [6, 6.07) is 4.19. The van der Waals surface area contributed by atoms with Gasteiger partial charge in [-0.05, 0) is 25.5 Å². The number of nitrogens with one attached hydrogen (secondary N) is 1. The summed E-state index contributed by atoms with van der Waals surface area (Å²) >= 11 is 0. The number of hydrogen-bond acceptors (Lipinski definition) is 5. The molecule has 0 heterocycles. The van der Waals surface area contributed by atoms with Crippen LogP contribution < -0.4 is 15.8 Å². The fourth-order valence-corrected chi connectivity index (χ4v) is 1.34. The van der Waals surface area contributed by atoms with Crippen LogP contribution in [0, 0.1) is 10.1 Å². The molecule has 0 saturated heterocycles. The summed E-state index contributed by atoms with van der Waals surface area (Å²) in [5.74, 6) is -0.261. The second-order valence-electron chi connectivity index (χ2n) is 4.37. The molecule has 0 radical (unpaired) electrons. The molecule has 1 aromatic rings. The lowest BCUT2D eigenvalue weighted by atomic mass is 9.99. The van der Waals surface area contributed by atoms with Gasteiger partial charge in [0.05, 0.1) is 17.6 Å². The second kappa shape index (κ2) is 5.66. The number of nitrogens with two attached hydrogens (primary N) is 1. The average Bonchev–Trinajstić information content (AvgIpc) is 2.38. The molecular formula is C12H17N3O4. The van der Waals surface area contributed by atoms with E-state index in [1.807, 2.05) is 0 Å². The van der Waals surface area contributed by atoms with E-state index < -0.39 is 16.4 Å². The molecule has 1 atom stereocenters. The first-order valence-corrected chi connectivity index (χ1v) is 5.74. The van der Waals surface area contributed by atoms with Gasteiger partial charge >= 0.3 is 5.69 Å². The molecule has 0 saturated carbocycles. The van der Waals surface area contributed by atoms with Crippen LogP contribution >= 0.6 is 0 Å². The van der Waals surface area contributed by atoms with Gasteiger partial charge in [0.1, 0.15) is 0 Å². The fraction of sp³-hybridized carbons (Fsp3) is 0.417. The molecule has 3 N–H and O–H groups in total. The molecule has 1 unspecified atom stereocenters. The molecular weight excluding hydrogens is 250 g/mol. The highest BCUT2D eigenvalue weighted by atomic mass is 16.6. The van der Waals surface area contributed by atoms with Crippen molar-refractivity contribution in [1.29, 1.82) is 0 Å². The number of nitro groups is 1. The van der Waals surface area contributed by atoms with E-state index in [1.165, 1.54) is 25.3 Å². The van der Waals surface area contributed by atoms with Gasteiger partial charge in [-0.1, -0.05) is 6.92 Å². The van der Waals surface area contributed by atoms with E-state index in [1.54, 1.807) is 13.8 Å². The zero-order chi connectivity index (χ0) is 14.6. The van der Waals surface area contributed by atoms with Crippen molar-refractivity contribution in [1.82, 2.24) is 0 Å². The van der Waals surface area contributed by atoms with Crippen LogP contribution in [0.25, 0.3) is 0 Å². The summed E-state index contributed by atoms with van der Waals surface area (Å²) < 4.78 is 4.88. The normalized spacial score (nSPS) is 13.5. The Bertz CT molecular complexity index is 500. The van der Waals surface area contributed by atoms with Crippen molar-refractivity contribution in [2.24, 2.45) is 5.73 Å². The minimum Gasteiger partial charge on any atom is -0.490 e. The van der Waals surface area contributed by atoms with Crippen molar-refractivity contribution in [2.45, 2.75) is 25.8 Å². The van der Waals surface area contributed by atoms with Crippen molar-refractivity contribution in [2.75, 3.05) is 12.4 Å². The summed E-state index contributed by atoms with van der Waals surface area (Å²) in [5, 5.41) is 13.4. The van der Waals surface area contributed by atoms with Crippen molar-refractivity contribution >= 4 is 17.3 Å². The van der Waals surface area contributed by atoms with Gasteiger partial charge < -0.3 is 15.8 Å². The topological polar surface area (TPSA) is 107 Å². The summed E-state index contributed by atoms with van der Waals surface area (Å²) in [6.45, 7) is 3.39. The van der Waals surface area contributed by atoms with Crippen molar-refractivity contribution < 1.29 is 14.5 Å². The van der Waals surface area contributed by atoms with Gasteiger partial charge in [0, 0.05) is 11.8 Å². The standard InChI is InChI=1S/C12H17N3O4/c1-4-12(2,13)11(16)14-8-5-6-10(19-3)9(7-8)15(17)18/h5-7H,4,13H2,1-3H3,(H,14,16). The molecule has 7 nitrogen and oxygen atoms in total. The Hall–Kier alpha value is -2.15. The molecule has 104 valence electrons. The number of nitro benzene ring substituents is 1. The van der Waals surface area contributed by atoms with Gasteiger partial charge in [0.25, 0.3) is 0 Å².